The summed E-state index contributed by atoms with van der Waals surface area (Å²) in [6.07, 6.45) is 0.254. The van der Waals surface area contributed by atoms with Crippen molar-refractivity contribution in [2.75, 3.05) is 12.4 Å². The zero-order chi connectivity index (χ0) is 25.3. The molecular formula is C29H29N3O3S. The topological polar surface area (TPSA) is 84.7 Å². The van der Waals surface area contributed by atoms with Crippen LogP contribution in [0.1, 0.15) is 31.9 Å². The molecule has 0 bridgehead atoms. The maximum absolute atomic E-state index is 13.5. The van der Waals surface area contributed by atoms with Crippen LogP contribution in [-0.2, 0) is 30.8 Å². The fourth-order valence-corrected chi connectivity index (χ4v) is 4.53. The van der Waals surface area contributed by atoms with E-state index in [1.165, 1.54) is 11.3 Å². The highest BCUT2D eigenvalue weighted by Gasteiger charge is 2.18. The second-order valence-electron chi connectivity index (χ2n) is 8.39. The number of thiophene rings is 1. The van der Waals surface area contributed by atoms with Crippen LogP contribution in [0.25, 0.3) is 0 Å². The Hall–Kier alpha value is -3.94. The van der Waals surface area contributed by atoms with Crippen molar-refractivity contribution in [3.8, 4) is 5.75 Å². The molecule has 0 atom stereocenters. The van der Waals surface area contributed by atoms with Crippen molar-refractivity contribution in [3.05, 3.63) is 117 Å². The first-order valence-corrected chi connectivity index (χ1v) is 12.5. The number of methoxy groups -OCH3 is 1. The summed E-state index contributed by atoms with van der Waals surface area (Å²) >= 11 is 1.39. The Morgan fingerprint density at radius 2 is 1.67 bits per heavy atom. The lowest BCUT2D eigenvalue weighted by Gasteiger charge is -2.25. The number of nitrogens with one attached hydrogen (secondary N) is 1. The summed E-state index contributed by atoms with van der Waals surface area (Å²) < 4.78 is 5.23. The molecule has 184 valence electrons. The summed E-state index contributed by atoms with van der Waals surface area (Å²) in [6.45, 7) is 1.21. The van der Waals surface area contributed by atoms with Crippen molar-refractivity contribution in [3.63, 3.8) is 0 Å². The van der Waals surface area contributed by atoms with Gasteiger partial charge in [0, 0.05) is 25.3 Å². The number of para-hydroxylation sites is 1. The predicted octanol–water partition coefficient (Wildman–Crippen LogP) is 5.24. The van der Waals surface area contributed by atoms with Gasteiger partial charge in [-0.1, -0.05) is 60.7 Å². The molecule has 4 aromatic rings. The third kappa shape index (κ3) is 6.59. The predicted molar refractivity (Wildman–Crippen MR) is 144 cm³/mol. The number of carbonyl (C=O) groups excluding carboxylic acids is 2. The minimum atomic E-state index is -0.163. The molecule has 4 rings (SSSR count). The molecule has 0 fully saturated rings. The van der Waals surface area contributed by atoms with Crippen molar-refractivity contribution in [1.29, 1.82) is 0 Å². The van der Waals surface area contributed by atoms with E-state index in [1.807, 2.05) is 89.1 Å². The molecule has 2 amide bonds. The number of rotatable bonds is 10. The number of anilines is 1. The van der Waals surface area contributed by atoms with Gasteiger partial charge in [-0.3, -0.25) is 9.59 Å². The molecule has 0 unspecified atom stereocenters. The Bertz CT molecular complexity index is 1300. The lowest BCUT2D eigenvalue weighted by atomic mass is 10.1. The summed E-state index contributed by atoms with van der Waals surface area (Å²) in [5, 5.41) is 4.88. The number of hydrogen-bond acceptors (Lipinski definition) is 5. The van der Waals surface area contributed by atoms with Gasteiger partial charge in [-0.2, -0.15) is 0 Å². The molecule has 3 N–H and O–H groups in total. The largest absolute Gasteiger partial charge is 0.497 e. The van der Waals surface area contributed by atoms with E-state index >= 15 is 0 Å². The van der Waals surface area contributed by atoms with Crippen LogP contribution >= 0.6 is 11.3 Å². The maximum Gasteiger partial charge on any atom is 0.265 e. The molecule has 0 aliphatic heterocycles. The van der Waals surface area contributed by atoms with E-state index in [4.69, 9.17) is 10.5 Å². The normalized spacial score (nSPS) is 10.6. The monoisotopic (exact) mass is 499 g/mol. The van der Waals surface area contributed by atoms with E-state index < -0.39 is 0 Å². The third-order valence-corrected chi connectivity index (χ3v) is 6.71. The molecule has 6 nitrogen and oxygen atoms in total. The molecule has 3 aromatic carbocycles. The first-order valence-electron chi connectivity index (χ1n) is 11.7. The molecule has 0 spiro atoms. The lowest BCUT2D eigenvalue weighted by molar-refractivity contribution is -0.131. The highest BCUT2D eigenvalue weighted by Crippen LogP contribution is 2.22. The van der Waals surface area contributed by atoms with Crippen LogP contribution in [0, 0.1) is 0 Å². The molecule has 36 heavy (non-hydrogen) atoms. The van der Waals surface area contributed by atoms with Gasteiger partial charge in [0.05, 0.1) is 18.4 Å². The van der Waals surface area contributed by atoms with Gasteiger partial charge in [0.25, 0.3) is 5.91 Å². The van der Waals surface area contributed by atoms with E-state index in [0.29, 0.717) is 30.2 Å². The standard InChI is InChI=1S/C29H29N3O3S/c1-35-25-13-11-21(12-14-25)17-28(33)32(19-23-7-4-6-22(16-23)18-30)20-24-8-2-3-9-26(24)31-29(34)27-10-5-15-36-27/h2-16H,17-20,30H2,1H3,(H,31,34). The molecular weight excluding hydrogens is 470 g/mol. The molecule has 0 saturated carbocycles. The molecule has 0 radical (unpaired) electrons. The number of ether oxygens (including phenoxy) is 1. The van der Waals surface area contributed by atoms with Gasteiger partial charge in [-0.05, 0) is 51.9 Å². The van der Waals surface area contributed by atoms with Crippen LogP contribution in [0.2, 0.25) is 0 Å². The Morgan fingerprint density at radius 3 is 2.39 bits per heavy atom. The first-order chi connectivity index (χ1) is 17.6. The first kappa shape index (κ1) is 25.2. The Kier molecular flexibility index (Phi) is 8.49. The Balaban J connectivity index is 1.58. The minimum absolute atomic E-state index is 0.0160. The second kappa shape index (κ2) is 12.2. The summed E-state index contributed by atoms with van der Waals surface area (Å²) in [5.41, 5.74) is 10.3. The number of amides is 2. The quantitative estimate of drug-likeness (QED) is 0.313. The summed E-state index contributed by atoms with van der Waals surface area (Å²) in [7, 11) is 1.62. The van der Waals surface area contributed by atoms with E-state index in [-0.39, 0.29) is 18.2 Å². The van der Waals surface area contributed by atoms with Crippen molar-refractivity contribution < 1.29 is 14.3 Å². The van der Waals surface area contributed by atoms with Crippen LogP contribution in [-0.4, -0.2) is 23.8 Å². The van der Waals surface area contributed by atoms with E-state index in [9.17, 15) is 9.59 Å². The summed E-state index contributed by atoms with van der Waals surface area (Å²) in [4.78, 5) is 28.7. The van der Waals surface area contributed by atoms with Gasteiger partial charge in [-0.25, -0.2) is 0 Å². The van der Waals surface area contributed by atoms with Crippen molar-refractivity contribution in [1.82, 2.24) is 4.90 Å². The number of benzene rings is 3. The molecule has 7 heteroatoms. The zero-order valence-electron chi connectivity index (χ0n) is 20.1. The number of nitrogens with zero attached hydrogens (tertiary/aromatic N) is 1. The average molecular weight is 500 g/mol. The van der Waals surface area contributed by atoms with E-state index in [0.717, 1.165) is 28.0 Å². The molecule has 0 aliphatic carbocycles. The zero-order valence-corrected chi connectivity index (χ0v) is 21.0. The van der Waals surface area contributed by atoms with Crippen LogP contribution in [0.3, 0.4) is 0 Å². The number of carbonyl (C=O) groups is 2. The van der Waals surface area contributed by atoms with Crippen LogP contribution in [0.5, 0.6) is 5.75 Å². The molecule has 0 aliphatic rings. The Morgan fingerprint density at radius 1 is 0.889 bits per heavy atom. The highest BCUT2D eigenvalue weighted by atomic mass is 32.1. The fourth-order valence-electron chi connectivity index (χ4n) is 3.91. The minimum Gasteiger partial charge on any atom is -0.497 e. The summed E-state index contributed by atoms with van der Waals surface area (Å²) in [6, 6.07) is 26.7. The average Bonchev–Trinajstić information content (AvgIpc) is 3.45. The van der Waals surface area contributed by atoms with Gasteiger partial charge in [0.15, 0.2) is 0 Å². The Labute approximate surface area is 215 Å². The van der Waals surface area contributed by atoms with Gasteiger partial charge in [-0.15, -0.1) is 11.3 Å². The SMILES string of the molecule is COc1ccc(CC(=O)N(Cc2cccc(CN)c2)Cc2ccccc2NC(=O)c2cccs2)cc1. The number of hydrogen-bond donors (Lipinski definition) is 2. The molecule has 1 aromatic heterocycles. The van der Waals surface area contributed by atoms with E-state index in [2.05, 4.69) is 5.32 Å². The van der Waals surface area contributed by atoms with Crippen LogP contribution in [0.4, 0.5) is 5.69 Å². The van der Waals surface area contributed by atoms with Gasteiger partial charge in [0.2, 0.25) is 5.91 Å². The lowest BCUT2D eigenvalue weighted by Crippen LogP contribution is -2.32. The fraction of sp³-hybridized carbons (Fsp3) is 0.172. The molecule has 1 heterocycles. The second-order valence-corrected chi connectivity index (χ2v) is 9.33. The van der Waals surface area contributed by atoms with Crippen molar-refractivity contribution in [2.24, 2.45) is 5.73 Å². The van der Waals surface area contributed by atoms with Gasteiger partial charge in [0.1, 0.15) is 5.75 Å². The maximum atomic E-state index is 13.5. The highest BCUT2D eigenvalue weighted by molar-refractivity contribution is 7.12. The number of nitrogens with two attached hydrogens (primary N) is 1. The molecule has 0 saturated heterocycles. The summed E-state index contributed by atoms with van der Waals surface area (Å²) in [5.74, 6) is 0.568. The smallest absolute Gasteiger partial charge is 0.265 e. The van der Waals surface area contributed by atoms with E-state index in [1.54, 1.807) is 13.2 Å². The van der Waals surface area contributed by atoms with Crippen molar-refractivity contribution in [2.45, 2.75) is 26.1 Å². The van der Waals surface area contributed by atoms with Crippen LogP contribution < -0.4 is 15.8 Å². The van der Waals surface area contributed by atoms with Crippen LogP contribution in [0.15, 0.2) is 90.3 Å². The third-order valence-electron chi connectivity index (χ3n) is 5.84. The van der Waals surface area contributed by atoms with Crippen molar-refractivity contribution >= 4 is 28.8 Å². The van der Waals surface area contributed by atoms with Gasteiger partial charge >= 0.3 is 0 Å². The van der Waals surface area contributed by atoms with Gasteiger partial charge < -0.3 is 20.7 Å².